The summed E-state index contributed by atoms with van der Waals surface area (Å²) in [7, 11) is 0. The number of hydrogen-bond donors (Lipinski definition) is 1. The van der Waals surface area contributed by atoms with E-state index in [1.54, 1.807) is 6.20 Å². The van der Waals surface area contributed by atoms with Crippen molar-refractivity contribution < 1.29 is 0 Å². The molecule has 0 aliphatic heterocycles. The number of aromatic nitrogens is 3. The maximum atomic E-state index is 6.10. The fraction of sp³-hybridized carbons (Fsp3) is 0.250. The molecule has 100 valence electrons. The molecule has 1 aromatic carbocycles. The number of anilines is 1. The molecule has 4 heteroatoms. The second-order valence-corrected chi connectivity index (χ2v) is 5.34. The fourth-order valence-electron chi connectivity index (χ4n) is 2.84. The minimum Gasteiger partial charge on any atom is -0.382 e. The lowest BCUT2D eigenvalue weighted by molar-refractivity contribution is 0.400. The van der Waals surface area contributed by atoms with Crippen molar-refractivity contribution in [1.82, 2.24) is 14.4 Å². The van der Waals surface area contributed by atoms with Gasteiger partial charge >= 0.3 is 0 Å². The molecule has 2 heterocycles. The Labute approximate surface area is 117 Å². The number of nitrogens with zero attached hydrogens (tertiary/aromatic N) is 3. The fourth-order valence-corrected chi connectivity index (χ4v) is 2.84. The molecular formula is C16H16N4. The molecule has 1 fully saturated rings. The number of hydrogen-bond acceptors (Lipinski definition) is 3. The van der Waals surface area contributed by atoms with Crippen molar-refractivity contribution in [2.75, 3.05) is 5.73 Å². The van der Waals surface area contributed by atoms with E-state index < -0.39 is 0 Å². The van der Waals surface area contributed by atoms with Gasteiger partial charge in [-0.3, -0.25) is 4.40 Å². The molecule has 4 nitrogen and oxygen atoms in total. The van der Waals surface area contributed by atoms with E-state index in [-0.39, 0.29) is 0 Å². The molecule has 3 aromatic rings. The summed E-state index contributed by atoms with van der Waals surface area (Å²) in [6, 6.07) is 10.2. The molecule has 0 atom stereocenters. The average Bonchev–Trinajstić information content (AvgIpc) is 2.79. The molecule has 1 aliphatic rings. The van der Waals surface area contributed by atoms with E-state index in [2.05, 4.69) is 21.5 Å². The molecule has 0 spiro atoms. The van der Waals surface area contributed by atoms with Crippen LogP contribution in [0.4, 0.5) is 5.82 Å². The summed E-state index contributed by atoms with van der Waals surface area (Å²) in [6.45, 7) is 0. The molecule has 1 saturated carbocycles. The third-order valence-electron chi connectivity index (χ3n) is 4.13. The van der Waals surface area contributed by atoms with E-state index in [1.165, 1.54) is 19.3 Å². The molecule has 0 radical (unpaired) electrons. The van der Waals surface area contributed by atoms with E-state index in [9.17, 15) is 0 Å². The predicted octanol–water partition coefficient (Wildman–Crippen LogP) is 3.25. The molecule has 0 unspecified atom stereocenters. The van der Waals surface area contributed by atoms with Gasteiger partial charge in [-0.1, -0.05) is 36.8 Å². The molecule has 0 saturated heterocycles. The highest BCUT2D eigenvalue weighted by Gasteiger charge is 2.26. The van der Waals surface area contributed by atoms with Crippen LogP contribution in [-0.4, -0.2) is 14.4 Å². The molecule has 1 aliphatic carbocycles. The Bertz CT molecular complexity index is 757. The predicted molar refractivity (Wildman–Crippen MR) is 79.4 cm³/mol. The van der Waals surface area contributed by atoms with Gasteiger partial charge < -0.3 is 5.73 Å². The third-order valence-corrected chi connectivity index (χ3v) is 4.13. The summed E-state index contributed by atoms with van der Waals surface area (Å²) in [5.41, 5.74) is 9.06. The number of benzene rings is 1. The van der Waals surface area contributed by atoms with Crippen molar-refractivity contribution in [2.24, 2.45) is 0 Å². The first-order valence-corrected chi connectivity index (χ1v) is 7.02. The zero-order chi connectivity index (χ0) is 13.5. The van der Waals surface area contributed by atoms with E-state index >= 15 is 0 Å². The first kappa shape index (κ1) is 11.5. The van der Waals surface area contributed by atoms with Gasteiger partial charge in [-0.25, -0.2) is 9.97 Å². The van der Waals surface area contributed by atoms with E-state index in [0.29, 0.717) is 11.7 Å². The quantitative estimate of drug-likeness (QED) is 0.773. The second-order valence-electron chi connectivity index (χ2n) is 5.34. The summed E-state index contributed by atoms with van der Waals surface area (Å²) in [5.74, 6) is 2.23. The summed E-state index contributed by atoms with van der Waals surface area (Å²) < 4.78 is 2.12. The lowest BCUT2D eigenvalue weighted by Crippen LogP contribution is -2.12. The van der Waals surface area contributed by atoms with E-state index in [4.69, 9.17) is 10.7 Å². The lowest BCUT2D eigenvalue weighted by atomic mass is 9.85. The monoisotopic (exact) mass is 264 g/mol. The first-order valence-electron chi connectivity index (χ1n) is 7.02. The van der Waals surface area contributed by atoms with E-state index in [1.807, 2.05) is 24.4 Å². The highest BCUT2D eigenvalue weighted by atomic mass is 15.1. The largest absolute Gasteiger partial charge is 0.382 e. The second kappa shape index (κ2) is 4.34. The van der Waals surface area contributed by atoms with Crippen LogP contribution in [0.25, 0.3) is 16.8 Å². The van der Waals surface area contributed by atoms with Gasteiger partial charge in [0.15, 0.2) is 0 Å². The van der Waals surface area contributed by atoms with Crippen LogP contribution in [-0.2, 0) is 0 Å². The zero-order valence-corrected chi connectivity index (χ0v) is 11.2. The van der Waals surface area contributed by atoms with Crippen LogP contribution in [0.15, 0.2) is 42.7 Å². The summed E-state index contributed by atoms with van der Waals surface area (Å²) in [5, 5.41) is 0. The SMILES string of the molecule is Nc1nccn2c(C3CCC3)nc(-c3ccccc3)c12. The first-order chi connectivity index (χ1) is 9.84. The minimum atomic E-state index is 0.546. The van der Waals surface area contributed by atoms with Crippen molar-refractivity contribution >= 4 is 11.3 Å². The molecule has 2 N–H and O–H groups in total. The standard InChI is InChI=1S/C16H16N4/c17-15-14-13(11-5-2-1-3-6-11)19-16(12-7-4-8-12)20(14)10-9-18-15/h1-3,5-6,9-10,12H,4,7-8H2,(H2,17,18). The normalized spacial score (nSPS) is 15.4. The van der Waals surface area contributed by atoms with Gasteiger partial charge in [-0.15, -0.1) is 0 Å². The Morgan fingerprint density at radius 3 is 2.65 bits per heavy atom. The number of fused-ring (bicyclic) bond motifs is 1. The highest BCUT2D eigenvalue weighted by Crippen LogP contribution is 2.38. The van der Waals surface area contributed by atoms with Crippen molar-refractivity contribution in [3.05, 3.63) is 48.5 Å². The van der Waals surface area contributed by atoms with Crippen molar-refractivity contribution in [3.8, 4) is 11.3 Å². The Hall–Kier alpha value is -2.36. The molecule has 20 heavy (non-hydrogen) atoms. The number of imidazole rings is 1. The van der Waals surface area contributed by atoms with Crippen molar-refractivity contribution in [1.29, 1.82) is 0 Å². The van der Waals surface area contributed by atoms with Gasteiger partial charge in [-0.05, 0) is 12.8 Å². The lowest BCUT2D eigenvalue weighted by Gasteiger charge is -2.23. The Balaban J connectivity index is 2.01. The third kappa shape index (κ3) is 1.61. The molecule has 0 amide bonds. The number of rotatable bonds is 2. The van der Waals surface area contributed by atoms with Crippen LogP contribution in [0.1, 0.15) is 31.0 Å². The van der Waals surface area contributed by atoms with Crippen LogP contribution in [0.5, 0.6) is 0 Å². The molecule has 4 rings (SSSR count). The Morgan fingerprint density at radius 1 is 1.15 bits per heavy atom. The average molecular weight is 264 g/mol. The topological polar surface area (TPSA) is 56.2 Å². The smallest absolute Gasteiger partial charge is 0.150 e. The van der Waals surface area contributed by atoms with Crippen LogP contribution in [0, 0.1) is 0 Å². The van der Waals surface area contributed by atoms with Gasteiger partial charge in [0.05, 0.1) is 0 Å². The van der Waals surface area contributed by atoms with Crippen LogP contribution >= 0.6 is 0 Å². The van der Waals surface area contributed by atoms with Gasteiger partial charge in [-0.2, -0.15) is 0 Å². The van der Waals surface area contributed by atoms with Gasteiger partial charge in [0.1, 0.15) is 22.9 Å². The molecule has 0 bridgehead atoms. The van der Waals surface area contributed by atoms with Gasteiger partial charge in [0, 0.05) is 23.9 Å². The summed E-state index contributed by atoms with van der Waals surface area (Å²) in [4.78, 5) is 9.11. The molecule has 2 aromatic heterocycles. The van der Waals surface area contributed by atoms with E-state index in [0.717, 1.165) is 22.6 Å². The van der Waals surface area contributed by atoms with Crippen LogP contribution in [0.2, 0.25) is 0 Å². The highest BCUT2D eigenvalue weighted by molar-refractivity contribution is 5.85. The summed E-state index contributed by atoms with van der Waals surface area (Å²) in [6.07, 6.45) is 7.45. The molecular weight excluding hydrogens is 248 g/mol. The minimum absolute atomic E-state index is 0.546. The van der Waals surface area contributed by atoms with Gasteiger partial charge in [0.2, 0.25) is 0 Å². The maximum Gasteiger partial charge on any atom is 0.150 e. The Morgan fingerprint density at radius 2 is 1.95 bits per heavy atom. The maximum absolute atomic E-state index is 6.10. The Kier molecular flexibility index (Phi) is 2.49. The summed E-state index contributed by atoms with van der Waals surface area (Å²) >= 11 is 0. The van der Waals surface area contributed by atoms with Crippen molar-refractivity contribution in [3.63, 3.8) is 0 Å². The van der Waals surface area contributed by atoms with Crippen molar-refractivity contribution in [2.45, 2.75) is 25.2 Å². The number of nitrogens with two attached hydrogens (primary N) is 1. The van der Waals surface area contributed by atoms with Gasteiger partial charge in [0.25, 0.3) is 0 Å². The number of nitrogen functional groups attached to an aromatic ring is 1. The zero-order valence-electron chi connectivity index (χ0n) is 11.2. The van der Waals surface area contributed by atoms with Crippen LogP contribution < -0.4 is 5.73 Å². The van der Waals surface area contributed by atoms with Crippen LogP contribution in [0.3, 0.4) is 0 Å².